The number of hydrogen-bond acceptors (Lipinski definition) is 3. The van der Waals surface area contributed by atoms with Crippen molar-refractivity contribution in [3.8, 4) is 5.75 Å². The van der Waals surface area contributed by atoms with Crippen molar-refractivity contribution in [3.63, 3.8) is 0 Å². The molecule has 4 nitrogen and oxygen atoms in total. The standard InChI is InChI=1S/C16H21BrN2O2/c1-11(20)19-5-2-15(3-6-19)18-10-13-9-14(17)8-12-4-7-21-16(12)13/h8-9,15,18H,2-7,10H2,1H3. The highest BCUT2D eigenvalue weighted by atomic mass is 79.9. The van der Waals surface area contributed by atoms with Crippen LogP contribution >= 0.6 is 15.9 Å². The van der Waals surface area contributed by atoms with E-state index < -0.39 is 0 Å². The van der Waals surface area contributed by atoms with Crippen molar-refractivity contribution in [2.45, 2.75) is 38.8 Å². The van der Waals surface area contributed by atoms with Crippen molar-refractivity contribution < 1.29 is 9.53 Å². The van der Waals surface area contributed by atoms with Gasteiger partial charge in [-0.2, -0.15) is 0 Å². The monoisotopic (exact) mass is 352 g/mol. The van der Waals surface area contributed by atoms with Crippen molar-refractivity contribution in [2.24, 2.45) is 0 Å². The molecule has 1 saturated heterocycles. The number of ether oxygens (including phenoxy) is 1. The van der Waals surface area contributed by atoms with Gasteiger partial charge in [0.1, 0.15) is 5.75 Å². The Morgan fingerprint density at radius 1 is 1.43 bits per heavy atom. The van der Waals surface area contributed by atoms with Gasteiger partial charge >= 0.3 is 0 Å². The highest BCUT2D eigenvalue weighted by molar-refractivity contribution is 9.10. The molecule has 1 aromatic rings. The zero-order chi connectivity index (χ0) is 14.8. The number of benzene rings is 1. The number of piperidine rings is 1. The number of carbonyl (C=O) groups excluding carboxylic acids is 1. The molecule has 0 aromatic heterocycles. The summed E-state index contributed by atoms with van der Waals surface area (Å²) >= 11 is 3.58. The van der Waals surface area contributed by atoms with E-state index in [1.807, 2.05) is 4.90 Å². The molecule has 0 unspecified atom stereocenters. The average Bonchev–Trinajstić information content (AvgIpc) is 2.93. The summed E-state index contributed by atoms with van der Waals surface area (Å²) in [5.74, 6) is 1.25. The predicted octanol–water partition coefficient (Wildman–Crippen LogP) is 2.48. The van der Waals surface area contributed by atoms with Gasteiger partial charge in [0, 0.05) is 49.1 Å². The average molecular weight is 353 g/mol. The molecule has 0 spiro atoms. The lowest BCUT2D eigenvalue weighted by molar-refractivity contribution is -0.129. The van der Waals surface area contributed by atoms with Gasteiger partial charge in [0.25, 0.3) is 0 Å². The normalized spacial score (nSPS) is 18.5. The largest absolute Gasteiger partial charge is 0.493 e. The van der Waals surface area contributed by atoms with E-state index in [9.17, 15) is 4.79 Å². The van der Waals surface area contributed by atoms with Crippen LogP contribution in [0, 0.1) is 0 Å². The lowest BCUT2D eigenvalue weighted by Crippen LogP contribution is -2.43. The molecule has 3 rings (SSSR count). The lowest BCUT2D eigenvalue weighted by atomic mass is 10.0. The third-order valence-electron chi connectivity index (χ3n) is 4.35. The van der Waals surface area contributed by atoms with E-state index in [1.165, 1.54) is 11.1 Å². The molecule has 0 bridgehead atoms. The Kier molecular flexibility index (Phi) is 4.50. The Morgan fingerprint density at radius 2 is 2.19 bits per heavy atom. The van der Waals surface area contributed by atoms with E-state index >= 15 is 0 Å². The van der Waals surface area contributed by atoms with Crippen molar-refractivity contribution in [2.75, 3.05) is 19.7 Å². The lowest BCUT2D eigenvalue weighted by Gasteiger charge is -2.32. The molecular weight excluding hydrogens is 332 g/mol. The van der Waals surface area contributed by atoms with Gasteiger partial charge in [-0.05, 0) is 30.5 Å². The number of nitrogens with one attached hydrogen (secondary N) is 1. The molecule has 5 heteroatoms. The van der Waals surface area contributed by atoms with Crippen LogP contribution in [0.25, 0.3) is 0 Å². The Morgan fingerprint density at radius 3 is 2.90 bits per heavy atom. The number of nitrogens with zero attached hydrogens (tertiary/aromatic N) is 1. The van der Waals surface area contributed by atoms with Crippen molar-refractivity contribution in [1.29, 1.82) is 0 Å². The molecule has 2 heterocycles. The number of amides is 1. The smallest absolute Gasteiger partial charge is 0.219 e. The number of rotatable bonds is 3. The molecule has 1 fully saturated rings. The summed E-state index contributed by atoms with van der Waals surface area (Å²) in [5.41, 5.74) is 2.53. The van der Waals surface area contributed by atoms with E-state index in [0.29, 0.717) is 6.04 Å². The first-order valence-electron chi connectivity index (χ1n) is 7.56. The fourth-order valence-corrected chi connectivity index (χ4v) is 3.68. The summed E-state index contributed by atoms with van der Waals surface area (Å²) in [6, 6.07) is 4.77. The van der Waals surface area contributed by atoms with E-state index in [-0.39, 0.29) is 5.91 Å². The zero-order valence-corrected chi connectivity index (χ0v) is 13.9. The Labute approximate surface area is 134 Å². The van der Waals surface area contributed by atoms with E-state index in [2.05, 4.69) is 33.4 Å². The fourth-order valence-electron chi connectivity index (χ4n) is 3.13. The Bertz CT molecular complexity index is 539. The first-order chi connectivity index (χ1) is 10.1. The number of carbonyl (C=O) groups is 1. The first kappa shape index (κ1) is 14.9. The summed E-state index contributed by atoms with van der Waals surface area (Å²) in [6.45, 7) is 4.98. The summed E-state index contributed by atoms with van der Waals surface area (Å²) in [7, 11) is 0. The second-order valence-corrected chi connectivity index (χ2v) is 6.73. The van der Waals surface area contributed by atoms with Gasteiger partial charge in [-0.1, -0.05) is 15.9 Å². The molecule has 0 saturated carbocycles. The van der Waals surface area contributed by atoms with Crippen LogP contribution in [0.4, 0.5) is 0 Å². The quantitative estimate of drug-likeness (QED) is 0.908. The maximum absolute atomic E-state index is 11.3. The number of halogens is 1. The minimum atomic E-state index is 0.187. The molecule has 0 radical (unpaired) electrons. The van der Waals surface area contributed by atoms with Crippen molar-refractivity contribution in [3.05, 3.63) is 27.7 Å². The number of likely N-dealkylation sites (tertiary alicyclic amines) is 1. The minimum Gasteiger partial charge on any atom is -0.493 e. The molecule has 2 aliphatic rings. The predicted molar refractivity (Wildman–Crippen MR) is 85.5 cm³/mol. The van der Waals surface area contributed by atoms with Crippen molar-refractivity contribution >= 4 is 21.8 Å². The molecular formula is C16H21BrN2O2. The van der Waals surface area contributed by atoms with E-state index in [4.69, 9.17) is 4.74 Å². The zero-order valence-electron chi connectivity index (χ0n) is 12.3. The topological polar surface area (TPSA) is 41.6 Å². The summed E-state index contributed by atoms with van der Waals surface area (Å²) in [5, 5.41) is 3.62. The second kappa shape index (κ2) is 6.36. The summed E-state index contributed by atoms with van der Waals surface area (Å²) in [4.78, 5) is 13.3. The highest BCUT2D eigenvalue weighted by Crippen LogP contribution is 2.33. The second-order valence-electron chi connectivity index (χ2n) is 5.81. The van der Waals surface area contributed by atoms with E-state index in [1.54, 1.807) is 6.92 Å². The van der Waals surface area contributed by atoms with E-state index in [0.717, 1.165) is 55.7 Å². The molecule has 1 aromatic carbocycles. The molecule has 0 atom stereocenters. The maximum Gasteiger partial charge on any atom is 0.219 e. The molecule has 2 aliphatic heterocycles. The SMILES string of the molecule is CC(=O)N1CCC(NCc2cc(Br)cc3c2OCC3)CC1. The van der Waals surface area contributed by atoms with Crippen LogP contribution in [0.15, 0.2) is 16.6 Å². The molecule has 1 N–H and O–H groups in total. The van der Waals surface area contributed by atoms with Gasteiger partial charge in [0.15, 0.2) is 0 Å². The van der Waals surface area contributed by atoms with Crippen LogP contribution < -0.4 is 10.1 Å². The fraction of sp³-hybridized carbons (Fsp3) is 0.562. The summed E-state index contributed by atoms with van der Waals surface area (Å²) < 4.78 is 6.88. The minimum absolute atomic E-state index is 0.187. The molecule has 114 valence electrons. The van der Waals surface area contributed by atoms with Crippen LogP contribution in [0.5, 0.6) is 5.75 Å². The highest BCUT2D eigenvalue weighted by Gasteiger charge is 2.22. The van der Waals surface area contributed by atoms with Gasteiger partial charge in [0.2, 0.25) is 5.91 Å². The van der Waals surface area contributed by atoms with Gasteiger partial charge in [-0.25, -0.2) is 0 Å². The number of hydrogen-bond donors (Lipinski definition) is 1. The molecule has 1 amide bonds. The Hall–Kier alpha value is -1.07. The molecule has 21 heavy (non-hydrogen) atoms. The van der Waals surface area contributed by atoms with Crippen molar-refractivity contribution in [1.82, 2.24) is 10.2 Å². The number of fused-ring (bicyclic) bond motifs is 1. The Balaban J connectivity index is 1.58. The first-order valence-corrected chi connectivity index (χ1v) is 8.36. The molecule has 0 aliphatic carbocycles. The van der Waals surface area contributed by atoms with Crippen LogP contribution in [-0.2, 0) is 17.8 Å². The van der Waals surface area contributed by atoms with Gasteiger partial charge < -0.3 is 15.0 Å². The summed E-state index contributed by atoms with van der Waals surface area (Å²) in [6.07, 6.45) is 3.05. The van der Waals surface area contributed by atoms with Crippen LogP contribution in [0.1, 0.15) is 30.9 Å². The third kappa shape index (κ3) is 3.40. The van der Waals surface area contributed by atoms with Crippen LogP contribution in [0.2, 0.25) is 0 Å². The van der Waals surface area contributed by atoms with Crippen LogP contribution in [0.3, 0.4) is 0 Å². The van der Waals surface area contributed by atoms with Gasteiger partial charge in [-0.3, -0.25) is 4.79 Å². The van der Waals surface area contributed by atoms with Gasteiger partial charge in [0.05, 0.1) is 6.61 Å². The van der Waals surface area contributed by atoms with Gasteiger partial charge in [-0.15, -0.1) is 0 Å². The maximum atomic E-state index is 11.3. The van der Waals surface area contributed by atoms with Crippen LogP contribution in [-0.4, -0.2) is 36.5 Å². The third-order valence-corrected chi connectivity index (χ3v) is 4.80.